The minimum Gasteiger partial charge on any atom is -0.494 e. The number of aryl methyl sites for hydroxylation is 1. The molecule has 1 aromatic carbocycles. The topological polar surface area (TPSA) is 52.8 Å². The maximum atomic E-state index is 11.9. The molecule has 7 heteroatoms. The molecular weight excluding hydrogens is 392 g/mol. The largest absolute Gasteiger partial charge is 0.494 e. The van der Waals surface area contributed by atoms with Crippen molar-refractivity contribution in [3.05, 3.63) is 41.0 Å². The Morgan fingerprint density at radius 1 is 1.21 bits per heavy atom. The van der Waals surface area contributed by atoms with E-state index in [2.05, 4.69) is 4.98 Å². The van der Waals surface area contributed by atoms with Crippen LogP contribution in [-0.2, 0) is 4.74 Å². The molecule has 2 heterocycles. The molecule has 0 unspecified atom stereocenters. The lowest BCUT2D eigenvalue weighted by Crippen LogP contribution is -2.04. The first-order valence-electron chi connectivity index (χ1n) is 7.52. The number of hydrogen-bond donors (Lipinski definition) is 0. The zero-order valence-electron chi connectivity index (χ0n) is 13.7. The van der Waals surface area contributed by atoms with Gasteiger partial charge in [-0.2, -0.15) is 0 Å². The summed E-state index contributed by atoms with van der Waals surface area (Å²) in [5.41, 5.74) is 2.74. The molecule has 3 rings (SSSR count). The van der Waals surface area contributed by atoms with E-state index in [1.807, 2.05) is 48.7 Å². The van der Waals surface area contributed by atoms with Gasteiger partial charge in [0.2, 0.25) is 0 Å². The van der Waals surface area contributed by atoms with Crippen LogP contribution in [0.1, 0.15) is 29.2 Å². The van der Waals surface area contributed by atoms with Crippen molar-refractivity contribution in [3.8, 4) is 17.0 Å². The van der Waals surface area contributed by atoms with E-state index in [9.17, 15) is 4.79 Å². The molecule has 0 atom stereocenters. The van der Waals surface area contributed by atoms with Crippen molar-refractivity contribution in [3.63, 3.8) is 0 Å². The van der Waals surface area contributed by atoms with Crippen molar-refractivity contribution in [2.75, 3.05) is 13.2 Å². The van der Waals surface area contributed by atoms with E-state index in [1.165, 1.54) is 11.3 Å². The molecule has 24 heavy (non-hydrogen) atoms. The number of rotatable bonds is 5. The molecule has 0 bridgehead atoms. The predicted molar refractivity (Wildman–Crippen MR) is 101 cm³/mol. The summed E-state index contributed by atoms with van der Waals surface area (Å²) in [5, 5.41) is 0. The third kappa shape index (κ3) is 3.47. The maximum Gasteiger partial charge on any atom is 0.350 e. The Morgan fingerprint density at radius 3 is 2.50 bits per heavy atom. The monoisotopic (exact) mass is 410 g/mol. The van der Waals surface area contributed by atoms with Crippen LogP contribution in [0.25, 0.3) is 16.2 Å². The lowest BCUT2D eigenvalue weighted by molar-refractivity contribution is 0.0531. The van der Waals surface area contributed by atoms with Gasteiger partial charge in [0.25, 0.3) is 0 Å². The Kier molecular flexibility index (Phi) is 6.01. The van der Waals surface area contributed by atoms with Crippen LogP contribution >= 0.6 is 28.3 Å². The number of carbonyl (C=O) groups is 1. The van der Waals surface area contributed by atoms with Gasteiger partial charge in [0.15, 0.2) is 4.96 Å². The first-order chi connectivity index (χ1) is 11.1. The first kappa shape index (κ1) is 18.5. The Hall–Kier alpha value is -1.86. The van der Waals surface area contributed by atoms with Gasteiger partial charge in [0.1, 0.15) is 10.6 Å². The molecule has 0 amide bonds. The number of fused-ring (bicyclic) bond motifs is 1. The van der Waals surface area contributed by atoms with Crippen LogP contribution in [0.3, 0.4) is 0 Å². The van der Waals surface area contributed by atoms with Crippen molar-refractivity contribution in [1.29, 1.82) is 0 Å². The smallest absolute Gasteiger partial charge is 0.350 e. The third-order valence-electron chi connectivity index (χ3n) is 3.48. The van der Waals surface area contributed by atoms with Crippen LogP contribution in [-0.4, -0.2) is 28.6 Å². The molecule has 3 aromatic rings. The fourth-order valence-electron chi connectivity index (χ4n) is 2.36. The van der Waals surface area contributed by atoms with E-state index in [-0.39, 0.29) is 23.0 Å². The summed E-state index contributed by atoms with van der Waals surface area (Å²) in [7, 11) is 0. The Bertz CT molecular complexity index is 840. The molecule has 0 saturated heterocycles. The van der Waals surface area contributed by atoms with Gasteiger partial charge in [-0.1, -0.05) is 11.3 Å². The van der Waals surface area contributed by atoms with E-state index < -0.39 is 0 Å². The number of esters is 1. The van der Waals surface area contributed by atoms with Crippen molar-refractivity contribution in [1.82, 2.24) is 9.38 Å². The molecule has 5 nitrogen and oxygen atoms in total. The minimum atomic E-state index is -0.289. The van der Waals surface area contributed by atoms with Crippen molar-refractivity contribution in [2.24, 2.45) is 0 Å². The molecule has 0 saturated carbocycles. The van der Waals surface area contributed by atoms with Crippen LogP contribution in [0.15, 0.2) is 30.5 Å². The Labute approximate surface area is 155 Å². The molecule has 128 valence electrons. The third-order valence-corrected chi connectivity index (χ3v) is 4.62. The molecule has 0 aliphatic rings. The molecule has 2 aromatic heterocycles. The van der Waals surface area contributed by atoms with Crippen LogP contribution in [0.4, 0.5) is 0 Å². The molecule has 0 aliphatic carbocycles. The number of benzene rings is 1. The van der Waals surface area contributed by atoms with E-state index in [0.29, 0.717) is 18.1 Å². The van der Waals surface area contributed by atoms with E-state index >= 15 is 0 Å². The SMILES string of the molecule is Br.CCOC(=O)c1sc2nc(-c3ccc(OCC)cc3)cn2c1C. The fourth-order valence-corrected chi connectivity index (χ4v) is 3.37. The molecule has 0 radical (unpaired) electrons. The number of aromatic nitrogens is 2. The summed E-state index contributed by atoms with van der Waals surface area (Å²) in [6.07, 6.45) is 1.94. The number of thiazole rings is 1. The van der Waals surface area contributed by atoms with E-state index in [0.717, 1.165) is 27.7 Å². The molecular formula is C17H19BrN2O3S. The summed E-state index contributed by atoms with van der Waals surface area (Å²) in [4.78, 5) is 17.9. The second-order valence-electron chi connectivity index (χ2n) is 4.97. The second-order valence-corrected chi connectivity index (χ2v) is 5.95. The zero-order valence-corrected chi connectivity index (χ0v) is 16.3. The summed E-state index contributed by atoms with van der Waals surface area (Å²) in [5.74, 6) is 0.557. The number of carbonyl (C=O) groups excluding carboxylic acids is 1. The van der Waals surface area contributed by atoms with Crippen molar-refractivity contribution < 1.29 is 14.3 Å². The van der Waals surface area contributed by atoms with Gasteiger partial charge in [-0.05, 0) is 45.0 Å². The van der Waals surface area contributed by atoms with E-state index in [1.54, 1.807) is 6.92 Å². The highest BCUT2D eigenvalue weighted by Gasteiger charge is 2.18. The molecule has 0 aliphatic heterocycles. The van der Waals surface area contributed by atoms with Gasteiger partial charge < -0.3 is 9.47 Å². The highest BCUT2D eigenvalue weighted by Crippen LogP contribution is 2.28. The lowest BCUT2D eigenvalue weighted by atomic mass is 10.2. The van der Waals surface area contributed by atoms with E-state index in [4.69, 9.17) is 9.47 Å². The Morgan fingerprint density at radius 2 is 1.92 bits per heavy atom. The van der Waals surface area contributed by atoms with Gasteiger partial charge >= 0.3 is 5.97 Å². The summed E-state index contributed by atoms with van der Waals surface area (Å²) in [6, 6.07) is 7.84. The molecule has 0 N–H and O–H groups in total. The lowest BCUT2D eigenvalue weighted by Gasteiger charge is -2.03. The summed E-state index contributed by atoms with van der Waals surface area (Å²) < 4.78 is 12.5. The number of ether oxygens (including phenoxy) is 2. The predicted octanol–water partition coefficient (Wildman–Crippen LogP) is 4.52. The van der Waals surface area contributed by atoms with Crippen LogP contribution in [0.5, 0.6) is 5.75 Å². The van der Waals surface area contributed by atoms with Crippen molar-refractivity contribution in [2.45, 2.75) is 20.8 Å². The quantitative estimate of drug-likeness (QED) is 0.579. The average molecular weight is 411 g/mol. The van der Waals surface area contributed by atoms with Crippen LogP contribution in [0, 0.1) is 6.92 Å². The van der Waals surface area contributed by atoms with Crippen LogP contribution < -0.4 is 4.74 Å². The summed E-state index contributed by atoms with van der Waals surface area (Å²) in [6.45, 7) is 6.68. The maximum absolute atomic E-state index is 11.9. The van der Waals surface area contributed by atoms with Crippen molar-refractivity contribution >= 4 is 39.2 Å². The average Bonchev–Trinajstić information content (AvgIpc) is 3.09. The fraction of sp³-hybridized carbons (Fsp3) is 0.294. The van der Waals surface area contributed by atoms with Gasteiger partial charge in [-0.25, -0.2) is 9.78 Å². The number of nitrogens with zero attached hydrogens (tertiary/aromatic N) is 2. The van der Waals surface area contributed by atoms with Gasteiger partial charge in [0, 0.05) is 17.5 Å². The highest BCUT2D eigenvalue weighted by molar-refractivity contribution is 8.93. The zero-order chi connectivity index (χ0) is 16.4. The van der Waals surface area contributed by atoms with Crippen LogP contribution in [0.2, 0.25) is 0 Å². The number of imidazole rings is 1. The highest BCUT2D eigenvalue weighted by atomic mass is 79.9. The molecule has 0 spiro atoms. The number of halogens is 1. The minimum absolute atomic E-state index is 0. The number of hydrogen-bond acceptors (Lipinski definition) is 5. The normalized spacial score (nSPS) is 10.5. The molecule has 0 fully saturated rings. The van der Waals surface area contributed by atoms with Gasteiger partial charge in [-0.3, -0.25) is 4.40 Å². The second kappa shape index (κ2) is 7.81. The van der Waals surface area contributed by atoms with Gasteiger partial charge in [-0.15, -0.1) is 17.0 Å². The first-order valence-corrected chi connectivity index (χ1v) is 8.34. The Balaban J connectivity index is 0.00000208. The van der Waals surface area contributed by atoms with Gasteiger partial charge in [0.05, 0.1) is 18.9 Å². The standard InChI is InChI=1S/C17H18N2O3S.BrH/c1-4-21-13-8-6-12(7-9-13)14-10-19-11(3)15(16(20)22-5-2)23-17(19)18-14;/h6-10H,4-5H2,1-3H3;1H. The summed E-state index contributed by atoms with van der Waals surface area (Å²) >= 11 is 1.35.